The van der Waals surface area contributed by atoms with Gasteiger partial charge in [0.15, 0.2) is 0 Å². The molecule has 68 valence electrons. The Bertz CT molecular complexity index is 356. The average Bonchev–Trinajstić information content (AvgIpc) is 2.85. The van der Waals surface area contributed by atoms with E-state index in [1.807, 2.05) is 0 Å². The number of carbonyl (C=O) groups is 1. The van der Waals surface area contributed by atoms with Crippen molar-refractivity contribution in [2.24, 2.45) is 0 Å². The zero-order valence-corrected chi connectivity index (χ0v) is 6.96. The molecule has 1 aliphatic rings. The summed E-state index contributed by atoms with van der Waals surface area (Å²) in [6.45, 7) is 0. The number of alkyl halides is 1. The number of benzene rings is 1. The molecule has 1 aromatic carbocycles. The number of hydrogen-bond acceptors (Lipinski definition) is 1. The SMILES string of the molecule is O=C(O)c1ccccc1C1(F)CC1. The molecule has 0 radical (unpaired) electrons. The van der Waals surface area contributed by atoms with E-state index in [0.29, 0.717) is 18.4 Å². The third-order valence-electron chi connectivity index (χ3n) is 2.33. The van der Waals surface area contributed by atoms with E-state index in [4.69, 9.17) is 5.11 Å². The van der Waals surface area contributed by atoms with Crippen LogP contribution in [0.3, 0.4) is 0 Å². The molecule has 1 fully saturated rings. The third kappa shape index (κ3) is 1.30. The van der Waals surface area contributed by atoms with Gasteiger partial charge in [0.1, 0.15) is 5.67 Å². The maximum atomic E-state index is 13.6. The lowest BCUT2D eigenvalue weighted by Gasteiger charge is -2.08. The van der Waals surface area contributed by atoms with Gasteiger partial charge in [-0.15, -0.1) is 0 Å². The Morgan fingerprint density at radius 2 is 2.00 bits per heavy atom. The van der Waals surface area contributed by atoms with Gasteiger partial charge < -0.3 is 5.11 Å². The van der Waals surface area contributed by atoms with E-state index in [9.17, 15) is 9.18 Å². The molecule has 2 nitrogen and oxygen atoms in total. The Balaban J connectivity index is 2.50. The van der Waals surface area contributed by atoms with Gasteiger partial charge in [-0.05, 0) is 18.9 Å². The quantitative estimate of drug-likeness (QED) is 0.758. The maximum Gasteiger partial charge on any atom is 0.336 e. The van der Waals surface area contributed by atoms with Gasteiger partial charge in [0.05, 0.1) is 5.56 Å². The standard InChI is InChI=1S/C10H9FO2/c11-10(5-6-10)8-4-2-1-3-7(8)9(12)13/h1-4H,5-6H2,(H,12,13). The van der Waals surface area contributed by atoms with Crippen LogP contribution in [0.25, 0.3) is 0 Å². The highest BCUT2D eigenvalue weighted by molar-refractivity contribution is 5.89. The summed E-state index contributed by atoms with van der Waals surface area (Å²) in [5.74, 6) is -1.06. The summed E-state index contributed by atoms with van der Waals surface area (Å²) in [6.07, 6.45) is 0.884. The second-order valence-corrected chi connectivity index (χ2v) is 3.32. The highest BCUT2D eigenvalue weighted by Crippen LogP contribution is 2.50. The summed E-state index contributed by atoms with van der Waals surface area (Å²) in [4.78, 5) is 10.7. The first kappa shape index (κ1) is 8.23. The first-order chi connectivity index (χ1) is 6.13. The predicted molar refractivity (Wildman–Crippen MR) is 45.4 cm³/mol. The monoisotopic (exact) mass is 180 g/mol. The number of halogens is 1. The van der Waals surface area contributed by atoms with Crippen molar-refractivity contribution in [2.45, 2.75) is 18.5 Å². The number of carboxylic acid groups (broad SMARTS) is 1. The van der Waals surface area contributed by atoms with Gasteiger partial charge in [-0.3, -0.25) is 0 Å². The molecule has 0 aliphatic heterocycles. The molecule has 2 rings (SSSR count). The van der Waals surface area contributed by atoms with Crippen molar-refractivity contribution in [2.75, 3.05) is 0 Å². The van der Waals surface area contributed by atoms with Crippen molar-refractivity contribution in [3.8, 4) is 0 Å². The van der Waals surface area contributed by atoms with E-state index >= 15 is 0 Å². The fraction of sp³-hybridized carbons (Fsp3) is 0.300. The van der Waals surface area contributed by atoms with Crippen LogP contribution in [0.1, 0.15) is 28.8 Å². The molecule has 3 heteroatoms. The zero-order valence-electron chi connectivity index (χ0n) is 6.96. The van der Waals surface area contributed by atoms with Gasteiger partial charge in [0, 0.05) is 5.56 Å². The van der Waals surface area contributed by atoms with E-state index in [-0.39, 0.29) is 5.56 Å². The van der Waals surface area contributed by atoms with Crippen LogP contribution in [-0.4, -0.2) is 11.1 Å². The largest absolute Gasteiger partial charge is 0.478 e. The van der Waals surface area contributed by atoms with Crippen LogP contribution in [0.4, 0.5) is 4.39 Å². The predicted octanol–water partition coefficient (Wildman–Crippen LogP) is 2.34. The molecular weight excluding hydrogens is 171 g/mol. The highest BCUT2D eigenvalue weighted by atomic mass is 19.1. The minimum absolute atomic E-state index is 0.0856. The molecule has 1 N–H and O–H groups in total. The minimum Gasteiger partial charge on any atom is -0.478 e. The average molecular weight is 180 g/mol. The van der Waals surface area contributed by atoms with E-state index in [0.717, 1.165) is 0 Å². The molecular formula is C10H9FO2. The van der Waals surface area contributed by atoms with Gasteiger partial charge in [-0.25, -0.2) is 9.18 Å². The van der Waals surface area contributed by atoms with Crippen molar-refractivity contribution in [1.82, 2.24) is 0 Å². The fourth-order valence-corrected chi connectivity index (χ4v) is 1.44. The van der Waals surface area contributed by atoms with Crippen molar-refractivity contribution in [3.63, 3.8) is 0 Å². The molecule has 1 saturated carbocycles. The second kappa shape index (κ2) is 2.55. The smallest absolute Gasteiger partial charge is 0.336 e. The van der Waals surface area contributed by atoms with Crippen LogP contribution in [0.15, 0.2) is 24.3 Å². The minimum atomic E-state index is -1.37. The molecule has 0 atom stereocenters. The van der Waals surface area contributed by atoms with E-state index < -0.39 is 11.6 Å². The topological polar surface area (TPSA) is 37.3 Å². The van der Waals surface area contributed by atoms with Crippen LogP contribution in [0.5, 0.6) is 0 Å². The van der Waals surface area contributed by atoms with Gasteiger partial charge in [-0.2, -0.15) is 0 Å². The third-order valence-corrected chi connectivity index (χ3v) is 2.33. The molecule has 0 heterocycles. The lowest BCUT2D eigenvalue weighted by atomic mass is 10.0. The molecule has 0 amide bonds. The molecule has 0 spiro atoms. The van der Waals surface area contributed by atoms with Crippen LogP contribution in [-0.2, 0) is 5.67 Å². The van der Waals surface area contributed by atoms with Crippen molar-refractivity contribution in [1.29, 1.82) is 0 Å². The Labute approximate surface area is 75.0 Å². The summed E-state index contributed by atoms with van der Waals surface area (Å²) < 4.78 is 13.6. The van der Waals surface area contributed by atoms with Gasteiger partial charge in [0.2, 0.25) is 0 Å². The molecule has 13 heavy (non-hydrogen) atoms. The molecule has 0 unspecified atom stereocenters. The van der Waals surface area contributed by atoms with Gasteiger partial charge in [-0.1, -0.05) is 18.2 Å². The van der Waals surface area contributed by atoms with Gasteiger partial charge >= 0.3 is 5.97 Å². The first-order valence-electron chi connectivity index (χ1n) is 4.15. The van der Waals surface area contributed by atoms with Crippen molar-refractivity contribution < 1.29 is 14.3 Å². The molecule has 0 saturated heterocycles. The summed E-state index contributed by atoms with van der Waals surface area (Å²) in [5.41, 5.74) is -0.959. The Hall–Kier alpha value is -1.38. The van der Waals surface area contributed by atoms with E-state index in [2.05, 4.69) is 0 Å². The molecule has 1 aliphatic carbocycles. The molecule has 0 bridgehead atoms. The van der Waals surface area contributed by atoms with Crippen LogP contribution < -0.4 is 0 Å². The number of aromatic carboxylic acids is 1. The Morgan fingerprint density at radius 3 is 2.54 bits per heavy atom. The maximum absolute atomic E-state index is 13.6. The van der Waals surface area contributed by atoms with Crippen molar-refractivity contribution in [3.05, 3.63) is 35.4 Å². The lowest BCUT2D eigenvalue weighted by Crippen LogP contribution is -2.07. The Morgan fingerprint density at radius 1 is 1.38 bits per heavy atom. The zero-order chi connectivity index (χ0) is 9.47. The summed E-state index contributed by atoms with van der Waals surface area (Å²) >= 11 is 0. The fourth-order valence-electron chi connectivity index (χ4n) is 1.44. The van der Waals surface area contributed by atoms with Gasteiger partial charge in [0.25, 0.3) is 0 Å². The summed E-state index contributed by atoms with van der Waals surface area (Å²) in [6, 6.07) is 6.27. The lowest BCUT2D eigenvalue weighted by molar-refractivity contribution is 0.0692. The summed E-state index contributed by atoms with van der Waals surface area (Å²) in [5, 5.41) is 8.79. The number of carboxylic acids is 1. The van der Waals surface area contributed by atoms with E-state index in [1.54, 1.807) is 18.2 Å². The van der Waals surface area contributed by atoms with Crippen LogP contribution in [0.2, 0.25) is 0 Å². The second-order valence-electron chi connectivity index (χ2n) is 3.32. The first-order valence-corrected chi connectivity index (χ1v) is 4.15. The Kier molecular flexibility index (Phi) is 1.62. The van der Waals surface area contributed by atoms with Crippen molar-refractivity contribution >= 4 is 5.97 Å². The van der Waals surface area contributed by atoms with E-state index in [1.165, 1.54) is 6.07 Å². The number of rotatable bonds is 2. The van der Waals surface area contributed by atoms with Crippen LogP contribution >= 0.6 is 0 Å². The molecule has 0 aromatic heterocycles. The number of hydrogen-bond donors (Lipinski definition) is 1. The normalized spacial score (nSPS) is 18.2. The molecule has 1 aromatic rings. The summed E-state index contributed by atoms with van der Waals surface area (Å²) in [7, 11) is 0. The van der Waals surface area contributed by atoms with Crippen LogP contribution in [0, 0.1) is 0 Å². The highest BCUT2D eigenvalue weighted by Gasteiger charge is 2.46.